The predicted octanol–water partition coefficient (Wildman–Crippen LogP) is 5.79. The summed E-state index contributed by atoms with van der Waals surface area (Å²) in [5.74, 6) is 0.648. The quantitative estimate of drug-likeness (QED) is 0.405. The lowest BCUT2D eigenvalue weighted by Crippen LogP contribution is -2.58. The Hall–Kier alpha value is -3.60. The third-order valence-corrected chi connectivity index (χ3v) is 6.50. The Morgan fingerprint density at radius 3 is 2.40 bits per heavy atom. The minimum absolute atomic E-state index is 0.0754. The van der Waals surface area contributed by atoms with Gasteiger partial charge in [0.15, 0.2) is 0 Å². The smallest absolute Gasteiger partial charge is 0.278 e. The fraction of sp³-hybridized carbons (Fsp3) is 0.200. The predicted molar refractivity (Wildman–Crippen MR) is 119 cm³/mol. The molecule has 0 aromatic heterocycles. The van der Waals surface area contributed by atoms with Crippen LogP contribution < -0.4 is 9.64 Å². The van der Waals surface area contributed by atoms with Crippen LogP contribution in [0.15, 0.2) is 72.8 Å². The van der Waals surface area contributed by atoms with Crippen molar-refractivity contribution in [3.63, 3.8) is 0 Å². The molecule has 2 heterocycles. The Bertz CT molecular complexity index is 1200. The van der Waals surface area contributed by atoms with Crippen molar-refractivity contribution in [2.45, 2.75) is 25.0 Å². The topological polar surface area (TPSA) is 55.6 Å². The molecule has 0 saturated carbocycles. The van der Waals surface area contributed by atoms with Gasteiger partial charge in [-0.05, 0) is 49.3 Å². The number of hydrogen-bond acceptors (Lipinski definition) is 4. The number of anilines is 1. The number of benzene rings is 3. The second-order valence-corrected chi connectivity index (χ2v) is 8.36. The van der Waals surface area contributed by atoms with Gasteiger partial charge in [-0.15, -0.1) is 0 Å². The van der Waals surface area contributed by atoms with E-state index < -0.39 is 5.72 Å². The van der Waals surface area contributed by atoms with Crippen molar-refractivity contribution in [1.82, 2.24) is 0 Å². The summed E-state index contributed by atoms with van der Waals surface area (Å²) >= 11 is 0. The van der Waals surface area contributed by atoms with Crippen molar-refractivity contribution in [3.8, 4) is 16.9 Å². The van der Waals surface area contributed by atoms with E-state index in [1.165, 1.54) is 5.56 Å². The summed E-state index contributed by atoms with van der Waals surface area (Å²) in [4.78, 5) is 13.6. The second-order valence-electron chi connectivity index (χ2n) is 8.36. The first-order chi connectivity index (χ1) is 14.3. The van der Waals surface area contributed by atoms with Crippen LogP contribution in [-0.2, 0) is 5.41 Å². The molecule has 30 heavy (non-hydrogen) atoms. The molecule has 3 aromatic carbocycles. The van der Waals surface area contributed by atoms with E-state index in [0.717, 1.165) is 11.3 Å². The summed E-state index contributed by atoms with van der Waals surface area (Å²) in [6, 6.07) is 21.1. The number of para-hydroxylation sites is 1. The van der Waals surface area contributed by atoms with Crippen molar-refractivity contribution >= 4 is 17.5 Å². The average molecular weight is 398 g/mol. The molecule has 0 N–H and O–H groups in total. The fourth-order valence-corrected chi connectivity index (χ4v) is 4.81. The number of rotatable bonds is 2. The summed E-state index contributed by atoms with van der Waals surface area (Å²) in [6.45, 7) is 4.35. The summed E-state index contributed by atoms with van der Waals surface area (Å²) in [6.07, 6.45) is 3.98. The molecular formula is C25H22N2O3. The molecule has 2 aliphatic heterocycles. The van der Waals surface area contributed by atoms with Crippen LogP contribution in [0.2, 0.25) is 0 Å². The molecule has 0 bridgehead atoms. The molecular weight excluding hydrogens is 376 g/mol. The van der Waals surface area contributed by atoms with E-state index in [9.17, 15) is 10.1 Å². The van der Waals surface area contributed by atoms with Gasteiger partial charge >= 0.3 is 0 Å². The maximum Gasteiger partial charge on any atom is 0.278 e. The van der Waals surface area contributed by atoms with Crippen LogP contribution in [-0.4, -0.2) is 17.7 Å². The van der Waals surface area contributed by atoms with Gasteiger partial charge in [0.05, 0.1) is 15.9 Å². The molecule has 0 aliphatic carbocycles. The van der Waals surface area contributed by atoms with Crippen molar-refractivity contribution in [1.29, 1.82) is 0 Å². The molecule has 5 heteroatoms. The molecule has 0 amide bonds. The number of nitrogens with zero attached hydrogens (tertiary/aromatic N) is 2. The van der Waals surface area contributed by atoms with Gasteiger partial charge in [0.2, 0.25) is 5.72 Å². The van der Waals surface area contributed by atoms with Crippen LogP contribution in [0.1, 0.15) is 25.0 Å². The minimum Gasteiger partial charge on any atom is -0.463 e. The standard InChI is InChI=1S/C25H22N2O3/c1-24(2)20-11-7-8-12-21(20)26(3)25(24)14-13-18-15-22(27(28)29)19(16-23(18)30-25)17-9-5-4-6-10-17/h4-16H,1-3H3. The maximum absolute atomic E-state index is 11.8. The lowest BCUT2D eigenvalue weighted by atomic mass is 9.76. The van der Waals surface area contributed by atoms with Gasteiger partial charge in [0, 0.05) is 24.4 Å². The van der Waals surface area contributed by atoms with Crippen LogP contribution in [0.4, 0.5) is 11.4 Å². The molecule has 0 radical (unpaired) electrons. The van der Waals surface area contributed by atoms with Gasteiger partial charge in [0.1, 0.15) is 5.75 Å². The van der Waals surface area contributed by atoms with Crippen molar-refractivity contribution in [2.75, 3.05) is 11.9 Å². The SMILES string of the molecule is CN1c2ccccc2C(C)(C)C12C=Cc1cc([N+](=O)[O-])c(-c3ccccc3)cc1O2. The third-order valence-electron chi connectivity index (χ3n) is 6.50. The third kappa shape index (κ3) is 2.35. The number of nitro groups is 1. The normalized spacial score (nSPS) is 20.6. The molecule has 1 spiro atoms. The molecule has 5 rings (SSSR count). The molecule has 0 saturated heterocycles. The molecule has 1 atom stereocenters. The first-order valence-corrected chi connectivity index (χ1v) is 9.94. The number of ether oxygens (including phenoxy) is 1. The Morgan fingerprint density at radius 1 is 1.00 bits per heavy atom. The molecule has 150 valence electrons. The first-order valence-electron chi connectivity index (χ1n) is 9.94. The molecule has 0 fully saturated rings. The summed E-state index contributed by atoms with van der Waals surface area (Å²) in [5, 5.41) is 11.8. The Kier molecular flexibility index (Phi) is 3.81. The van der Waals surface area contributed by atoms with Crippen LogP contribution in [0.25, 0.3) is 17.2 Å². The van der Waals surface area contributed by atoms with Gasteiger partial charge in [-0.3, -0.25) is 10.1 Å². The second kappa shape index (κ2) is 6.20. The van der Waals surface area contributed by atoms with E-state index in [2.05, 4.69) is 30.9 Å². The monoisotopic (exact) mass is 398 g/mol. The van der Waals surface area contributed by atoms with Gasteiger partial charge < -0.3 is 9.64 Å². The average Bonchev–Trinajstić information content (AvgIpc) is 2.92. The largest absolute Gasteiger partial charge is 0.463 e. The summed E-state index contributed by atoms with van der Waals surface area (Å²) in [7, 11) is 2.03. The van der Waals surface area contributed by atoms with Gasteiger partial charge in [-0.1, -0.05) is 48.5 Å². The summed E-state index contributed by atoms with van der Waals surface area (Å²) < 4.78 is 6.70. The Morgan fingerprint density at radius 2 is 1.70 bits per heavy atom. The molecule has 3 aromatic rings. The van der Waals surface area contributed by atoms with E-state index in [-0.39, 0.29) is 16.0 Å². The van der Waals surface area contributed by atoms with E-state index >= 15 is 0 Å². The Balaban J connectivity index is 1.68. The van der Waals surface area contributed by atoms with Crippen molar-refractivity contribution < 1.29 is 9.66 Å². The molecule has 1 unspecified atom stereocenters. The Labute approximate surface area is 175 Å². The highest BCUT2D eigenvalue weighted by Crippen LogP contribution is 2.54. The number of hydrogen-bond donors (Lipinski definition) is 0. The number of fused-ring (bicyclic) bond motifs is 2. The minimum atomic E-state index is -0.715. The zero-order chi connectivity index (χ0) is 21.1. The van der Waals surface area contributed by atoms with Crippen LogP contribution in [0.5, 0.6) is 5.75 Å². The highest BCUT2D eigenvalue weighted by molar-refractivity contribution is 5.81. The first kappa shape index (κ1) is 18.4. The van der Waals surface area contributed by atoms with Gasteiger partial charge in [-0.2, -0.15) is 0 Å². The van der Waals surface area contributed by atoms with Gasteiger partial charge in [-0.25, -0.2) is 0 Å². The van der Waals surface area contributed by atoms with Crippen LogP contribution in [0.3, 0.4) is 0 Å². The molecule has 5 nitrogen and oxygen atoms in total. The van der Waals surface area contributed by atoms with Crippen molar-refractivity contribution in [2.24, 2.45) is 0 Å². The highest BCUT2D eigenvalue weighted by Gasteiger charge is 2.57. The highest BCUT2D eigenvalue weighted by atomic mass is 16.6. The number of nitro benzene ring substituents is 1. The van der Waals surface area contributed by atoms with Crippen molar-refractivity contribution in [3.05, 3.63) is 94.0 Å². The zero-order valence-corrected chi connectivity index (χ0v) is 17.1. The van der Waals surface area contributed by atoms with E-state index in [4.69, 9.17) is 4.74 Å². The number of likely N-dealkylation sites (N-methyl/N-ethyl adjacent to an activating group) is 1. The van der Waals surface area contributed by atoms with Crippen LogP contribution >= 0.6 is 0 Å². The van der Waals surface area contributed by atoms with Crippen LogP contribution in [0, 0.1) is 10.1 Å². The van der Waals surface area contributed by atoms with E-state index in [1.54, 1.807) is 12.1 Å². The summed E-state index contributed by atoms with van der Waals surface area (Å²) in [5.41, 5.74) is 3.45. The lowest BCUT2D eigenvalue weighted by molar-refractivity contribution is -0.384. The fourth-order valence-electron chi connectivity index (χ4n) is 4.81. The van der Waals surface area contributed by atoms with E-state index in [0.29, 0.717) is 16.9 Å². The maximum atomic E-state index is 11.8. The lowest BCUT2D eigenvalue weighted by Gasteiger charge is -2.45. The van der Waals surface area contributed by atoms with Gasteiger partial charge in [0.25, 0.3) is 5.69 Å². The van der Waals surface area contributed by atoms with E-state index in [1.807, 2.05) is 61.7 Å². The molecule has 2 aliphatic rings. The zero-order valence-electron chi connectivity index (χ0n) is 17.1.